The number of nitrogens with two attached hydrogens (primary N) is 1. The van der Waals surface area contributed by atoms with E-state index < -0.39 is 0 Å². The van der Waals surface area contributed by atoms with Gasteiger partial charge >= 0.3 is 0 Å². The quantitative estimate of drug-likeness (QED) is 0.533. The molecule has 58 valence electrons. The van der Waals surface area contributed by atoms with Crippen LogP contribution in [0.15, 0.2) is 0 Å². The zero-order chi connectivity index (χ0) is 7.19. The Morgan fingerprint density at radius 3 is 2.70 bits per heavy atom. The number of hydrogen-bond acceptors (Lipinski definition) is 2. The fraction of sp³-hybridized carbons (Fsp3) is 1.00. The van der Waals surface area contributed by atoms with Crippen LogP contribution in [0.3, 0.4) is 0 Å². The Hall–Kier alpha value is -0.0800. The van der Waals surface area contributed by atoms with Crippen molar-refractivity contribution >= 4 is 0 Å². The number of likely N-dealkylation sites (tertiary alicyclic amines) is 1. The van der Waals surface area contributed by atoms with Crippen molar-refractivity contribution in [1.29, 1.82) is 0 Å². The zero-order valence-corrected chi connectivity index (χ0v) is 6.64. The lowest BCUT2D eigenvalue weighted by Gasteiger charge is -2.36. The van der Waals surface area contributed by atoms with Crippen LogP contribution in [-0.2, 0) is 0 Å². The zero-order valence-electron chi connectivity index (χ0n) is 6.64. The molecule has 0 aromatic rings. The lowest BCUT2D eigenvalue weighted by atomic mass is 9.97. The fourth-order valence-corrected chi connectivity index (χ4v) is 2.07. The molecule has 10 heavy (non-hydrogen) atoms. The highest BCUT2D eigenvalue weighted by Crippen LogP contribution is 2.46. The summed E-state index contributed by atoms with van der Waals surface area (Å²) in [7, 11) is 2.24. The Balaban J connectivity index is 2.03. The molecule has 1 heterocycles. The fourth-order valence-electron chi connectivity index (χ4n) is 2.07. The maximum absolute atomic E-state index is 5.89. The van der Waals surface area contributed by atoms with E-state index in [1.165, 1.54) is 32.2 Å². The molecule has 0 aromatic heterocycles. The van der Waals surface area contributed by atoms with E-state index in [0.29, 0.717) is 11.6 Å². The van der Waals surface area contributed by atoms with E-state index in [1.54, 1.807) is 0 Å². The van der Waals surface area contributed by atoms with Crippen LogP contribution in [0, 0.1) is 0 Å². The summed E-state index contributed by atoms with van der Waals surface area (Å²) in [4.78, 5) is 2.50. The first-order valence-electron chi connectivity index (χ1n) is 4.20. The monoisotopic (exact) mass is 140 g/mol. The van der Waals surface area contributed by atoms with Gasteiger partial charge in [-0.15, -0.1) is 0 Å². The van der Waals surface area contributed by atoms with E-state index >= 15 is 0 Å². The molecule has 2 fully saturated rings. The van der Waals surface area contributed by atoms with Gasteiger partial charge in [-0.05, 0) is 39.3 Å². The molecule has 1 aliphatic carbocycles. The Kier molecular flexibility index (Phi) is 1.29. The lowest BCUT2D eigenvalue weighted by molar-refractivity contribution is 0.151. The standard InChI is InChI=1S/C8H16N2/c1-10-5-2-7(9)6-8(10)3-4-8/h7H,2-6,9H2,1H3. The van der Waals surface area contributed by atoms with Gasteiger partial charge in [-0.3, -0.25) is 0 Å². The van der Waals surface area contributed by atoms with Crippen LogP contribution in [0.5, 0.6) is 0 Å². The van der Waals surface area contributed by atoms with E-state index in [4.69, 9.17) is 5.73 Å². The third-order valence-corrected chi connectivity index (χ3v) is 3.11. The highest BCUT2D eigenvalue weighted by atomic mass is 15.2. The summed E-state index contributed by atoms with van der Waals surface area (Å²) in [6.45, 7) is 1.21. The summed E-state index contributed by atoms with van der Waals surface area (Å²) in [5.74, 6) is 0. The van der Waals surface area contributed by atoms with Crippen LogP contribution in [-0.4, -0.2) is 30.1 Å². The maximum Gasteiger partial charge on any atom is 0.0222 e. The highest BCUT2D eigenvalue weighted by Gasteiger charge is 2.48. The average Bonchev–Trinajstić information content (AvgIpc) is 2.62. The molecular formula is C8H16N2. The number of piperidine rings is 1. The predicted molar refractivity (Wildman–Crippen MR) is 41.8 cm³/mol. The summed E-state index contributed by atoms with van der Waals surface area (Å²) >= 11 is 0. The van der Waals surface area contributed by atoms with Crippen molar-refractivity contribution in [3.63, 3.8) is 0 Å². The first kappa shape index (κ1) is 6.62. The molecule has 2 heteroatoms. The number of rotatable bonds is 0. The summed E-state index contributed by atoms with van der Waals surface area (Å²) in [5, 5.41) is 0. The van der Waals surface area contributed by atoms with Crippen molar-refractivity contribution in [2.75, 3.05) is 13.6 Å². The lowest BCUT2D eigenvalue weighted by Crippen LogP contribution is -2.46. The smallest absolute Gasteiger partial charge is 0.0222 e. The van der Waals surface area contributed by atoms with Gasteiger partial charge in [0, 0.05) is 11.6 Å². The Morgan fingerprint density at radius 1 is 1.50 bits per heavy atom. The van der Waals surface area contributed by atoms with Crippen LogP contribution >= 0.6 is 0 Å². The molecule has 1 saturated heterocycles. The third kappa shape index (κ3) is 0.867. The second kappa shape index (κ2) is 1.95. The van der Waals surface area contributed by atoms with Gasteiger partial charge in [0.05, 0.1) is 0 Å². The van der Waals surface area contributed by atoms with E-state index in [0.717, 1.165) is 0 Å². The summed E-state index contributed by atoms with van der Waals surface area (Å²) in [6, 6.07) is 0.485. The second-order valence-corrected chi connectivity index (χ2v) is 3.90. The van der Waals surface area contributed by atoms with Gasteiger partial charge in [0.2, 0.25) is 0 Å². The Labute approximate surface area is 62.4 Å². The molecule has 2 rings (SSSR count). The molecule has 2 N–H and O–H groups in total. The molecule has 0 amide bonds. The minimum absolute atomic E-state index is 0.485. The van der Waals surface area contributed by atoms with E-state index in [2.05, 4.69) is 11.9 Å². The second-order valence-electron chi connectivity index (χ2n) is 3.90. The SMILES string of the molecule is CN1CCC(N)CC12CC2. The molecule has 1 unspecified atom stereocenters. The van der Waals surface area contributed by atoms with Crippen molar-refractivity contribution in [2.45, 2.75) is 37.3 Å². The number of hydrogen-bond donors (Lipinski definition) is 1. The first-order valence-corrected chi connectivity index (χ1v) is 4.20. The van der Waals surface area contributed by atoms with Crippen LogP contribution in [0.2, 0.25) is 0 Å². The van der Waals surface area contributed by atoms with Gasteiger partial charge in [-0.2, -0.15) is 0 Å². The topological polar surface area (TPSA) is 29.3 Å². The molecule has 1 spiro atoms. The molecular weight excluding hydrogens is 124 g/mol. The maximum atomic E-state index is 5.89. The van der Waals surface area contributed by atoms with Crippen LogP contribution in [0.4, 0.5) is 0 Å². The van der Waals surface area contributed by atoms with Crippen LogP contribution in [0.1, 0.15) is 25.7 Å². The van der Waals surface area contributed by atoms with Gasteiger partial charge < -0.3 is 10.6 Å². The largest absolute Gasteiger partial charge is 0.328 e. The normalized spacial score (nSPS) is 38.4. The van der Waals surface area contributed by atoms with Gasteiger partial charge in [0.1, 0.15) is 0 Å². The Morgan fingerprint density at radius 2 is 2.20 bits per heavy atom. The van der Waals surface area contributed by atoms with Gasteiger partial charge in [0.25, 0.3) is 0 Å². The van der Waals surface area contributed by atoms with E-state index in [-0.39, 0.29) is 0 Å². The highest BCUT2D eigenvalue weighted by molar-refractivity contribution is 5.06. The summed E-state index contributed by atoms with van der Waals surface area (Å²) in [6.07, 6.45) is 5.20. The van der Waals surface area contributed by atoms with Crippen LogP contribution in [0.25, 0.3) is 0 Å². The van der Waals surface area contributed by atoms with E-state index in [9.17, 15) is 0 Å². The molecule has 0 aromatic carbocycles. The minimum Gasteiger partial charge on any atom is -0.328 e. The molecule has 0 radical (unpaired) electrons. The molecule has 1 atom stereocenters. The molecule has 1 saturated carbocycles. The van der Waals surface area contributed by atoms with Gasteiger partial charge in [0.15, 0.2) is 0 Å². The van der Waals surface area contributed by atoms with E-state index in [1.807, 2.05) is 0 Å². The van der Waals surface area contributed by atoms with Crippen molar-refractivity contribution in [1.82, 2.24) is 4.90 Å². The average molecular weight is 140 g/mol. The Bertz CT molecular complexity index is 140. The molecule has 0 bridgehead atoms. The van der Waals surface area contributed by atoms with Gasteiger partial charge in [-0.25, -0.2) is 0 Å². The van der Waals surface area contributed by atoms with Crippen molar-refractivity contribution < 1.29 is 0 Å². The first-order chi connectivity index (χ1) is 4.73. The van der Waals surface area contributed by atoms with Crippen molar-refractivity contribution in [2.24, 2.45) is 5.73 Å². The van der Waals surface area contributed by atoms with Crippen LogP contribution < -0.4 is 5.73 Å². The number of nitrogens with zero attached hydrogens (tertiary/aromatic N) is 1. The van der Waals surface area contributed by atoms with Gasteiger partial charge in [-0.1, -0.05) is 0 Å². The molecule has 2 nitrogen and oxygen atoms in total. The van der Waals surface area contributed by atoms with Crippen molar-refractivity contribution in [3.05, 3.63) is 0 Å². The third-order valence-electron chi connectivity index (χ3n) is 3.11. The van der Waals surface area contributed by atoms with Crippen molar-refractivity contribution in [3.8, 4) is 0 Å². The predicted octanol–water partition coefficient (Wildman–Crippen LogP) is 0.572. The summed E-state index contributed by atoms with van der Waals surface area (Å²) in [5.41, 5.74) is 6.45. The summed E-state index contributed by atoms with van der Waals surface area (Å²) < 4.78 is 0. The minimum atomic E-state index is 0.485. The molecule has 2 aliphatic rings. The molecule has 1 aliphatic heterocycles.